The Balaban J connectivity index is 0.00000264. The van der Waals surface area contributed by atoms with Crippen LogP contribution >= 0.6 is 12.4 Å². The van der Waals surface area contributed by atoms with Crippen molar-refractivity contribution in [3.05, 3.63) is 29.8 Å². The van der Waals surface area contributed by atoms with Crippen LogP contribution in [0.15, 0.2) is 24.3 Å². The third-order valence-electron chi connectivity index (χ3n) is 4.07. The number of hydrogen-bond acceptors (Lipinski definition) is 4. The maximum atomic E-state index is 12.2. The van der Waals surface area contributed by atoms with Crippen LogP contribution in [0.2, 0.25) is 0 Å². The van der Waals surface area contributed by atoms with Crippen LogP contribution in [0.3, 0.4) is 0 Å². The SMILES string of the molecule is COc1ccc(C(=O)NCC(=O)N2CC(CN)CC2C)cc1.Cl. The number of likely N-dealkylation sites (tertiary alicyclic amines) is 1. The summed E-state index contributed by atoms with van der Waals surface area (Å²) < 4.78 is 5.04. The first kappa shape index (κ1) is 19.3. The molecule has 1 fully saturated rings. The van der Waals surface area contributed by atoms with E-state index in [0.717, 1.165) is 6.42 Å². The molecule has 2 amide bonds. The molecule has 1 aliphatic rings. The highest BCUT2D eigenvalue weighted by atomic mass is 35.5. The summed E-state index contributed by atoms with van der Waals surface area (Å²) in [5.74, 6) is 0.714. The molecule has 128 valence electrons. The van der Waals surface area contributed by atoms with Crippen LogP contribution in [0.4, 0.5) is 0 Å². The Kier molecular flexibility index (Phi) is 7.32. The lowest BCUT2D eigenvalue weighted by atomic mass is 10.1. The molecule has 6 nitrogen and oxygen atoms in total. The summed E-state index contributed by atoms with van der Waals surface area (Å²) in [6.07, 6.45) is 0.925. The summed E-state index contributed by atoms with van der Waals surface area (Å²) in [4.78, 5) is 26.0. The second-order valence-corrected chi connectivity index (χ2v) is 5.64. The van der Waals surface area contributed by atoms with E-state index in [1.165, 1.54) is 0 Å². The fourth-order valence-corrected chi connectivity index (χ4v) is 2.76. The maximum absolute atomic E-state index is 12.2. The van der Waals surface area contributed by atoms with Crippen LogP contribution < -0.4 is 15.8 Å². The molecule has 0 bridgehead atoms. The summed E-state index contributed by atoms with van der Waals surface area (Å²) in [6, 6.07) is 6.94. The van der Waals surface area contributed by atoms with Crippen LogP contribution in [-0.2, 0) is 4.79 Å². The standard InChI is InChI=1S/C16H23N3O3.ClH/c1-11-7-12(8-17)10-19(11)15(20)9-18-16(21)13-3-5-14(22-2)6-4-13;/h3-6,11-12H,7-10,17H2,1-2H3,(H,18,21);1H. The number of rotatable bonds is 5. The number of nitrogens with two attached hydrogens (primary N) is 1. The Bertz CT molecular complexity index is 536. The van der Waals surface area contributed by atoms with Gasteiger partial charge < -0.3 is 20.7 Å². The van der Waals surface area contributed by atoms with Gasteiger partial charge in [0, 0.05) is 18.2 Å². The van der Waals surface area contributed by atoms with Gasteiger partial charge in [0.15, 0.2) is 0 Å². The van der Waals surface area contributed by atoms with Crippen molar-refractivity contribution in [2.75, 3.05) is 26.7 Å². The minimum Gasteiger partial charge on any atom is -0.497 e. The highest BCUT2D eigenvalue weighted by molar-refractivity contribution is 5.96. The zero-order chi connectivity index (χ0) is 16.1. The Hall–Kier alpha value is -1.79. The van der Waals surface area contributed by atoms with E-state index in [0.29, 0.717) is 30.3 Å². The van der Waals surface area contributed by atoms with Crippen LogP contribution in [0.5, 0.6) is 5.75 Å². The van der Waals surface area contributed by atoms with Gasteiger partial charge in [-0.2, -0.15) is 0 Å². The van der Waals surface area contributed by atoms with Crippen molar-refractivity contribution in [3.63, 3.8) is 0 Å². The Labute approximate surface area is 142 Å². The van der Waals surface area contributed by atoms with E-state index in [9.17, 15) is 9.59 Å². The zero-order valence-corrected chi connectivity index (χ0v) is 14.3. The first-order chi connectivity index (χ1) is 10.5. The predicted molar refractivity (Wildman–Crippen MR) is 90.9 cm³/mol. The summed E-state index contributed by atoms with van der Waals surface area (Å²) in [6.45, 7) is 3.28. The zero-order valence-electron chi connectivity index (χ0n) is 13.5. The van der Waals surface area contributed by atoms with Gasteiger partial charge >= 0.3 is 0 Å². The number of amides is 2. The number of methoxy groups -OCH3 is 1. The molecular weight excluding hydrogens is 318 g/mol. The Morgan fingerprint density at radius 1 is 1.35 bits per heavy atom. The number of ether oxygens (including phenoxy) is 1. The summed E-state index contributed by atoms with van der Waals surface area (Å²) >= 11 is 0. The second-order valence-electron chi connectivity index (χ2n) is 5.64. The monoisotopic (exact) mass is 341 g/mol. The lowest BCUT2D eigenvalue weighted by Gasteiger charge is -2.21. The molecule has 0 radical (unpaired) electrons. The molecule has 7 heteroatoms. The van der Waals surface area contributed by atoms with E-state index in [4.69, 9.17) is 10.5 Å². The van der Waals surface area contributed by atoms with Gasteiger partial charge in [0.05, 0.1) is 13.7 Å². The van der Waals surface area contributed by atoms with Gasteiger partial charge in [0.1, 0.15) is 5.75 Å². The van der Waals surface area contributed by atoms with Crippen LogP contribution in [0.25, 0.3) is 0 Å². The van der Waals surface area contributed by atoms with Gasteiger partial charge in [-0.15, -0.1) is 12.4 Å². The van der Waals surface area contributed by atoms with Crippen molar-refractivity contribution in [3.8, 4) is 5.75 Å². The number of nitrogens with zero attached hydrogens (tertiary/aromatic N) is 1. The molecule has 2 atom stereocenters. The molecule has 1 aromatic carbocycles. The lowest BCUT2D eigenvalue weighted by molar-refractivity contribution is -0.130. The van der Waals surface area contributed by atoms with Gasteiger partial charge in [-0.1, -0.05) is 0 Å². The van der Waals surface area contributed by atoms with Crippen molar-refractivity contribution in [1.82, 2.24) is 10.2 Å². The average molecular weight is 342 g/mol. The molecule has 0 spiro atoms. The summed E-state index contributed by atoms with van der Waals surface area (Å²) in [5, 5.41) is 2.66. The quantitative estimate of drug-likeness (QED) is 0.838. The molecule has 3 N–H and O–H groups in total. The summed E-state index contributed by atoms with van der Waals surface area (Å²) in [5.41, 5.74) is 6.16. The van der Waals surface area contributed by atoms with E-state index in [1.54, 1.807) is 36.3 Å². The van der Waals surface area contributed by atoms with Gasteiger partial charge in [0.2, 0.25) is 5.91 Å². The molecule has 23 heavy (non-hydrogen) atoms. The van der Waals surface area contributed by atoms with E-state index in [-0.39, 0.29) is 36.8 Å². The maximum Gasteiger partial charge on any atom is 0.251 e. The third kappa shape index (κ3) is 4.84. The van der Waals surface area contributed by atoms with E-state index in [1.807, 2.05) is 6.92 Å². The Morgan fingerprint density at radius 3 is 2.52 bits per heavy atom. The fourth-order valence-electron chi connectivity index (χ4n) is 2.76. The van der Waals surface area contributed by atoms with Crippen LogP contribution in [0, 0.1) is 5.92 Å². The van der Waals surface area contributed by atoms with Crippen molar-refractivity contribution in [2.45, 2.75) is 19.4 Å². The number of carbonyl (C=O) groups is 2. The molecule has 2 unspecified atom stereocenters. The highest BCUT2D eigenvalue weighted by Gasteiger charge is 2.31. The molecule has 0 aromatic heterocycles. The molecule has 1 aliphatic heterocycles. The molecule has 0 aliphatic carbocycles. The largest absolute Gasteiger partial charge is 0.497 e. The molecule has 1 aromatic rings. The second kappa shape index (κ2) is 8.74. The van der Waals surface area contributed by atoms with Crippen molar-refractivity contribution in [2.24, 2.45) is 11.7 Å². The molecule has 2 rings (SSSR count). The van der Waals surface area contributed by atoms with E-state index < -0.39 is 0 Å². The average Bonchev–Trinajstić information content (AvgIpc) is 2.93. The lowest BCUT2D eigenvalue weighted by Crippen LogP contribution is -2.42. The van der Waals surface area contributed by atoms with Crippen molar-refractivity contribution < 1.29 is 14.3 Å². The van der Waals surface area contributed by atoms with Crippen LogP contribution in [0.1, 0.15) is 23.7 Å². The summed E-state index contributed by atoms with van der Waals surface area (Å²) in [7, 11) is 1.57. The molecule has 1 saturated heterocycles. The molecular formula is C16H24ClN3O3. The number of halogens is 1. The van der Waals surface area contributed by atoms with Crippen LogP contribution in [-0.4, -0.2) is 49.5 Å². The minimum atomic E-state index is -0.266. The normalized spacial score (nSPS) is 19.9. The topological polar surface area (TPSA) is 84.7 Å². The number of benzene rings is 1. The van der Waals surface area contributed by atoms with Crippen molar-refractivity contribution in [1.29, 1.82) is 0 Å². The Morgan fingerprint density at radius 2 is 2.00 bits per heavy atom. The first-order valence-electron chi connectivity index (χ1n) is 7.47. The number of hydrogen-bond donors (Lipinski definition) is 2. The van der Waals surface area contributed by atoms with Gasteiger partial charge in [0.25, 0.3) is 5.91 Å². The van der Waals surface area contributed by atoms with E-state index in [2.05, 4.69) is 5.32 Å². The fraction of sp³-hybridized carbons (Fsp3) is 0.500. The number of carbonyl (C=O) groups excluding carboxylic acids is 2. The number of nitrogens with one attached hydrogen (secondary N) is 1. The van der Waals surface area contributed by atoms with E-state index >= 15 is 0 Å². The minimum absolute atomic E-state index is 0. The van der Waals surface area contributed by atoms with Crippen molar-refractivity contribution >= 4 is 24.2 Å². The smallest absolute Gasteiger partial charge is 0.251 e. The van der Waals surface area contributed by atoms with Gasteiger partial charge in [-0.05, 0) is 50.1 Å². The highest BCUT2D eigenvalue weighted by Crippen LogP contribution is 2.21. The molecule has 1 heterocycles. The van der Waals surface area contributed by atoms with Gasteiger partial charge in [-0.3, -0.25) is 9.59 Å². The third-order valence-corrected chi connectivity index (χ3v) is 4.07. The van der Waals surface area contributed by atoms with Gasteiger partial charge in [-0.25, -0.2) is 0 Å². The predicted octanol–water partition coefficient (Wildman–Crippen LogP) is 1.04. The molecule has 0 saturated carbocycles. The first-order valence-corrected chi connectivity index (χ1v) is 7.47.